The molecular formula is C15H18FN3O2. The van der Waals surface area contributed by atoms with E-state index in [-0.39, 0.29) is 17.4 Å². The third-order valence-electron chi connectivity index (χ3n) is 4.16. The number of piperazine rings is 1. The first-order valence-corrected chi connectivity index (χ1v) is 7.07. The highest BCUT2D eigenvalue weighted by Gasteiger charge is 2.33. The molecule has 0 saturated carbocycles. The summed E-state index contributed by atoms with van der Waals surface area (Å²) in [6.45, 7) is 4.18. The molecule has 2 atom stereocenters. The number of ether oxygens (including phenoxy) is 2. The molecule has 21 heavy (non-hydrogen) atoms. The topological polar surface area (TPSA) is 57.5 Å². The smallest absolute Gasteiger partial charge is 0.183 e. The molecule has 3 rings (SSSR count). The summed E-state index contributed by atoms with van der Waals surface area (Å²) in [4.78, 5) is 2.36. The molecule has 0 bridgehead atoms. The number of methoxy groups -OCH3 is 1. The average Bonchev–Trinajstić information content (AvgIpc) is 2.54. The van der Waals surface area contributed by atoms with E-state index in [9.17, 15) is 4.39 Å². The normalized spacial score (nSPS) is 26.0. The summed E-state index contributed by atoms with van der Waals surface area (Å²) in [5.74, 6) is -0.490. The van der Waals surface area contributed by atoms with E-state index in [1.165, 1.54) is 13.2 Å². The number of hydrogen-bond acceptors (Lipinski definition) is 5. The minimum Gasteiger partial charge on any atom is -0.493 e. The van der Waals surface area contributed by atoms with Crippen LogP contribution in [0.4, 0.5) is 4.39 Å². The van der Waals surface area contributed by atoms with Gasteiger partial charge in [0.15, 0.2) is 11.6 Å². The highest BCUT2D eigenvalue weighted by atomic mass is 19.1. The van der Waals surface area contributed by atoms with Crippen molar-refractivity contribution in [1.29, 1.82) is 5.26 Å². The van der Waals surface area contributed by atoms with Gasteiger partial charge in [0.1, 0.15) is 6.07 Å². The molecule has 0 aromatic heterocycles. The molecule has 2 saturated heterocycles. The van der Waals surface area contributed by atoms with Crippen molar-refractivity contribution in [3.8, 4) is 11.8 Å². The Morgan fingerprint density at radius 3 is 3.14 bits per heavy atom. The van der Waals surface area contributed by atoms with Gasteiger partial charge in [0.25, 0.3) is 0 Å². The molecule has 2 fully saturated rings. The van der Waals surface area contributed by atoms with Crippen LogP contribution in [-0.4, -0.2) is 50.8 Å². The molecule has 112 valence electrons. The van der Waals surface area contributed by atoms with Gasteiger partial charge in [0.05, 0.1) is 25.4 Å². The van der Waals surface area contributed by atoms with Crippen molar-refractivity contribution in [2.75, 3.05) is 39.9 Å². The summed E-state index contributed by atoms with van der Waals surface area (Å²) < 4.78 is 25.3. The first-order valence-electron chi connectivity index (χ1n) is 7.07. The molecule has 1 N–H and O–H groups in total. The van der Waals surface area contributed by atoms with Crippen molar-refractivity contribution in [2.24, 2.45) is 0 Å². The van der Waals surface area contributed by atoms with Crippen molar-refractivity contribution in [3.63, 3.8) is 0 Å². The summed E-state index contributed by atoms with van der Waals surface area (Å²) in [6, 6.07) is 5.43. The Labute approximate surface area is 123 Å². The predicted molar refractivity (Wildman–Crippen MR) is 74.6 cm³/mol. The van der Waals surface area contributed by atoms with E-state index in [2.05, 4.69) is 10.2 Å². The number of morpholine rings is 1. The summed E-state index contributed by atoms with van der Waals surface area (Å²) in [7, 11) is 1.42. The van der Waals surface area contributed by atoms with Crippen LogP contribution < -0.4 is 10.1 Å². The Morgan fingerprint density at radius 1 is 1.52 bits per heavy atom. The van der Waals surface area contributed by atoms with Gasteiger partial charge in [0.2, 0.25) is 0 Å². The molecular weight excluding hydrogens is 273 g/mol. The van der Waals surface area contributed by atoms with E-state index in [1.807, 2.05) is 6.07 Å². The molecule has 0 spiro atoms. The first-order chi connectivity index (χ1) is 10.2. The Kier molecular flexibility index (Phi) is 4.06. The molecule has 2 heterocycles. The Morgan fingerprint density at radius 2 is 2.38 bits per heavy atom. The fourth-order valence-electron chi connectivity index (χ4n) is 3.01. The van der Waals surface area contributed by atoms with Crippen molar-refractivity contribution in [3.05, 3.63) is 29.1 Å². The van der Waals surface area contributed by atoms with Crippen molar-refractivity contribution in [1.82, 2.24) is 10.2 Å². The third-order valence-corrected chi connectivity index (χ3v) is 4.16. The lowest BCUT2D eigenvalue weighted by atomic mass is 10.0. The maximum Gasteiger partial charge on any atom is 0.183 e. The number of nitrogens with zero attached hydrogens (tertiary/aromatic N) is 2. The minimum atomic E-state index is -0.608. The number of halogens is 1. The highest BCUT2D eigenvalue weighted by Crippen LogP contribution is 2.34. The van der Waals surface area contributed by atoms with Gasteiger partial charge in [0, 0.05) is 37.8 Å². The quantitative estimate of drug-likeness (QED) is 0.882. The van der Waals surface area contributed by atoms with Gasteiger partial charge < -0.3 is 14.8 Å². The lowest BCUT2D eigenvalue weighted by Gasteiger charge is -2.42. The molecule has 5 nitrogen and oxygen atoms in total. The Balaban J connectivity index is 1.87. The zero-order valence-electron chi connectivity index (χ0n) is 11.9. The van der Waals surface area contributed by atoms with Crippen LogP contribution >= 0.6 is 0 Å². The number of hydrogen-bond donors (Lipinski definition) is 1. The predicted octanol–water partition coefficient (Wildman–Crippen LogP) is 1.05. The molecule has 2 aliphatic rings. The SMILES string of the molecule is COc1c(C2CN3CCNCC3CO2)ccc(C#N)c1F. The van der Waals surface area contributed by atoms with Crippen LogP contribution in [0.25, 0.3) is 0 Å². The van der Waals surface area contributed by atoms with Crippen LogP contribution in [-0.2, 0) is 4.74 Å². The molecule has 0 radical (unpaired) electrons. The highest BCUT2D eigenvalue weighted by molar-refractivity contribution is 5.45. The summed E-state index contributed by atoms with van der Waals surface area (Å²) in [5, 5.41) is 12.2. The second-order valence-electron chi connectivity index (χ2n) is 5.34. The average molecular weight is 291 g/mol. The van der Waals surface area contributed by atoms with Gasteiger partial charge in [-0.05, 0) is 6.07 Å². The van der Waals surface area contributed by atoms with Crippen molar-refractivity contribution in [2.45, 2.75) is 12.1 Å². The number of nitriles is 1. The van der Waals surface area contributed by atoms with Gasteiger partial charge >= 0.3 is 0 Å². The monoisotopic (exact) mass is 291 g/mol. The van der Waals surface area contributed by atoms with Gasteiger partial charge in [-0.15, -0.1) is 0 Å². The van der Waals surface area contributed by atoms with Crippen LogP contribution in [0.5, 0.6) is 5.75 Å². The maximum atomic E-state index is 14.2. The summed E-state index contributed by atoms with van der Waals surface area (Å²) >= 11 is 0. The second kappa shape index (κ2) is 5.98. The lowest BCUT2D eigenvalue weighted by Crippen LogP contribution is -2.57. The largest absolute Gasteiger partial charge is 0.493 e. The molecule has 2 aliphatic heterocycles. The number of fused-ring (bicyclic) bond motifs is 1. The van der Waals surface area contributed by atoms with E-state index >= 15 is 0 Å². The first kappa shape index (κ1) is 14.3. The van der Waals surface area contributed by atoms with Crippen molar-refractivity contribution >= 4 is 0 Å². The van der Waals surface area contributed by atoms with Crippen LogP contribution in [0.3, 0.4) is 0 Å². The van der Waals surface area contributed by atoms with Crippen LogP contribution in [0.15, 0.2) is 12.1 Å². The molecule has 0 amide bonds. The number of rotatable bonds is 2. The standard InChI is InChI=1S/C15H18FN3O2/c1-20-15-12(3-2-10(6-17)14(15)16)13-8-19-5-4-18-7-11(19)9-21-13/h2-3,11,13,18H,4-5,7-9H2,1H3. The van der Waals surface area contributed by atoms with Gasteiger partial charge in [-0.1, -0.05) is 6.07 Å². The van der Waals surface area contributed by atoms with Gasteiger partial charge in [-0.3, -0.25) is 4.90 Å². The van der Waals surface area contributed by atoms with Gasteiger partial charge in [-0.2, -0.15) is 5.26 Å². The van der Waals surface area contributed by atoms with E-state index < -0.39 is 5.82 Å². The minimum absolute atomic E-state index is 0.00791. The summed E-state index contributed by atoms with van der Waals surface area (Å²) in [5.41, 5.74) is 0.664. The third kappa shape index (κ3) is 2.60. The van der Waals surface area contributed by atoms with Crippen LogP contribution in [0.2, 0.25) is 0 Å². The second-order valence-corrected chi connectivity index (χ2v) is 5.34. The molecule has 0 aliphatic carbocycles. The van der Waals surface area contributed by atoms with Gasteiger partial charge in [-0.25, -0.2) is 4.39 Å². The van der Waals surface area contributed by atoms with E-state index in [0.717, 1.165) is 19.6 Å². The van der Waals surface area contributed by atoms with Crippen LogP contribution in [0.1, 0.15) is 17.2 Å². The number of nitrogens with one attached hydrogen (secondary N) is 1. The van der Waals surface area contributed by atoms with E-state index in [1.54, 1.807) is 6.07 Å². The molecule has 1 aromatic carbocycles. The van der Waals surface area contributed by atoms with E-state index in [0.29, 0.717) is 24.8 Å². The summed E-state index contributed by atoms with van der Waals surface area (Å²) in [6.07, 6.45) is -0.225. The zero-order valence-corrected chi connectivity index (χ0v) is 11.9. The molecule has 1 aromatic rings. The fraction of sp³-hybridized carbons (Fsp3) is 0.533. The zero-order chi connectivity index (χ0) is 14.8. The lowest BCUT2D eigenvalue weighted by molar-refractivity contribution is -0.0725. The number of benzene rings is 1. The molecule has 6 heteroatoms. The van der Waals surface area contributed by atoms with Crippen molar-refractivity contribution < 1.29 is 13.9 Å². The Hall–Kier alpha value is -1.68. The molecule has 2 unspecified atom stereocenters. The maximum absolute atomic E-state index is 14.2. The Bertz CT molecular complexity index is 573. The fourth-order valence-corrected chi connectivity index (χ4v) is 3.01. The van der Waals surface area contributed by atoms with Crippen LogP contribution in [0, 0.1) is 17.1 Å². The van der Waals surface area contributed by atoms with E-state index in [4.69, 9.17) is 14.7 Å².